The van der Waals surface area contributed by atoms with Crippen LogP contribution in [0.15, 0.2) is 18.3 Å². The highest BCUT2D eigenvalue weighted by Crippen LogP contribution is 2.32. The number of hydrogen-bond acceptors (Lipinski definition) is 3. The van der Waals surface area contributed by atoms with Gasteiger partial charge < -0.3 is 10.2 Å². The zero-order valence-electron chi connectivity index (χ0n) is 11.2. The van der Waals surface area contributed by atoms with Crippen LogP contribution in [0.3, 0.4) is 0 Å². The summed E-state index contributed by atoms with van der Waals surface area (Å²) >= 11 is 0. The fraction of sp³-hybridized carbons (Fsp3) is 0.467. The van der Waals surface area contributed by atoms with E-state index in [1.807, 2.05) is 13.1 Å². The Kier molecular flexibility index (Phi) is 4.40. The molecule has 1 aliphatic carbocycles. The monoisotopic (exact) mass is 257 g/mol. The van der Waals surface area contributed by atoms with Crippen LogP contribution >= 0.6 is 0 Å². The minimum atomic E-state index is -0.183. The van der Waals surface area contributed by atoms with Crippen molar-refractivity contribution >= 4 is 11.7 Å². The Morgan fingerprint density at radius 2 is 2.37 bits per heavy atom. The van der Waals surface area contributed by atoms with E-state index in [9.17, 15) is 4.79 Å². The molecule has 0 atom stereocenters. The van der Waals surface area contributed by atoms with Crippen molar-refractivity contribution in [1.29, 1.82) is 0 Å². The molecule has 4 heteroatoms. The van der Waals surface area contributed by atoms with Gasteiger partial charge in [0, 0.05) is 19.8 Å². The Balaban J connectivity index is 1.89. The zero-order valence-corrected chi connectivity index (χ0v) is 11.2. The van der Waals surface area contributed by atoms with Crippen molar-refractivity contribution in [1.82, 2.24) is 10.3 Å². The van der Waals surface area contributed by atoms with Crippen molar-refractivity contribution in [3.63, 3.8) is 0 Å². The number of carbonyl (C=O) groups is 1. The van der Waals surface area contributed by atoms with Gasteiger partial charge in [-0.05, 0) is 24.5 Å². The van der Waals surface area contributed by atoms with Gasteiger partial charge in [-0.3, -0.25) is 4.79 Å². The number of anilines is 1. The lowest BCUT2D eigenvalue weighted by atomic mass is 10.2. The highest BCUT2D eigenvalue weighted by atomic mass is 16.1. The average Bonchev–Trinajstić information content (AvgIpc) is 3.26. The van der Waals surface area contributed by atoms with Crippen LogP contribution in [0.4, 0.5) is 5.82 Å². The highest BCUT2D eigenvalue weighted by Gasteiger charge is 2.21. The summed E-state index contributed by atoms with van der Waals surface area (Å²) in [6.45, 7) is 1.25. The maximum Gasteiger partial charge on any atom is 0.253 e. The molecule has 1 heterocycles. The van der Waals surface area contributed by atoms with E-state index in [2.05, 4.69) is 21.1 Å². The first-order valence-electron chi connectivity index (χ1n) is 6.59. The van der Waals surface area contributed by atoms with Gasteiger partial charge >= 0.3 is 0 Å². The molecule has 1 amide bonds. The second kappa shape index (κ2) is 6.24. The molecule has 100 valence electrons. The third kappa shape index (κ3) is 3.99. The second-order valence-corrected chi connectivity index (χ2v) is 4.95. The smallest absolute Gasteiger partial charge is 0.253 e. The number of nitrogens with zero attached hydrogens (tertiary/aromatic N) is 2. The quantitative estimate of drug-likeness (QED) is 0.789. The van der Waals surface area contributed by atoms with E-state index < -0.39 is 0 Å². The average molecular weight is 257 g/mol. The van der Waals surface area contributed by atoms with E-state index in [0.717, 1.165) is 18.3 Å². The molecule has 1 aromatic rings. The molecule has 1 aliphatic rings. The Hall–Kier alpha value is -2.02. The molecular weight excluding hydrogens is 238 g/mol. The normalized spacial score (nSPS) is 13.7. The van der Waals surface area contributed by atoms with Crippen LogP contribution < -0.4 is 10.2 Å². The van der Waals surface area contributed by atoms with Gasteiger partial charge in [-0.25, -0.2) is 4.98 Å². The molecule has 19 heavy (non-hydrogen) atoms. The van der Waals surface area contributed by atoms with Gasteiger partial charge in [0.1, 0.15) is 5.82 Å². The van der Waals surface area contributed by atoms with Crippen molar-refractivity contribution in [3.8, 4) is 12.3 Å². The molecule has 0 radical (unpaired) electrons. The largest absolute Gasteiger partial charge is 0.360 e. The number of aromatic nitrogens is 1. The molecule has 1 N–H and O–H groups in total. The van der Waals surface area contributed by atoms with E-state index in [0.29, 0.717) is 5.56 Å². The second-order valence-electron chi connectivity index (χ2n) is 4.95. The van der Waals surface area contributed by atoms with Gasteiger partial charge in [-0.2, -0.15) is 0 Å². The van der Waals surface area contributed by atoms with E-state index in [4.69, 9.17) is 6.42 Å². The predicted molar refractivity (Wildman–Crippen MR) is 76.0 cm³/mol. The number of hydrogen-bond donors (Lipinski definition) is 1. The molecule has 0 spiro atoms. The van der Waals surface area contributed by atoms with Gasteiger partial charge in [-0.1, -0.05) is 18.8 Å². The lowest BCUT2D eigenvalue weighted by Gasteiger charge is -2.17. The van der Waals surface area contributed by atoms with E-state index in [1.165, 1.54) is 19.3 Å². The van der Waals surface area contributed by atoms with Crippen LogP contribution in [0, 0.1) is 18.3 Å². The minimum Gasteiger partial charge on any atom is -0.360 e. The molecule has 2 rings (SSSR count). The molecule has 0 unspecified atom stereocenters. The third-order valence-electron chi connectivity index (χ3n) is 3.32. The standard InChI is InChI=1S/C15H19N3O/c1-3-9-16-15(19)13-6-7-14(17-11-13)18(2)10-8-12-4-5-12/h1,6-7,11-12H,4-5,8-10H2,2H3,(H,16,19). The molecule has 1 aromatic heterocycles. The van der Waals surface area contributed by atoms with Crippen molar-refractivity contribution < 1.29 is 4.79 Å². The number of nitrogens with one attached hydrogen (secondary N) is 1. The van der Waals surface area contributed by atoms with E-state index in [1.54, 1.807) is 12.3 Å². The van der Waals surface area contributed by atoms with Crippen molar-refractivity contribution in [2.45, 2.75) is 19.3 Å². The minimum absolute atomic E-state index is 0.183. The first-order chi connectivity index (χ1) is 9.20. The van der Waals surface area contributed by atoms with Gasteiger partial charge in [-0.15, -0.1) is 6.42 Å². The fourth-order valence-corrected chi connectivity index (χ4v) is 1.88. The molecule has 1 saturated carbocycles. The molecule has 0 aromatic carbocycles. The van der Waals surface area contributed by atoms with Gasteiger partial charge in [0.2, 0.25) is 0 Å². The number of carbonyl (C=O) groups excluding carboxylic acids is 1. The maximum absolute atomic E-state index is 11.6. The summed E-state index contributed by atoms with van der Waals surface area (Å²) in [5, 5.41) is 2.62. The topological polar surface area (TPSA) is 45.2 Å². The first kappa shape index (κ1) is 13.4. The maximum atomic E-state index is 11.6. The van der Waals surface area contributed by atoms with Crippen LogP contribution in [0.25, 0.3) is 0 Å². The van der Waals surface area contributed by atoms with Crippen LogP contribution in [-0.4, -0.2) is 31.0 Å². The van der Waals surface area contributed by atoms with Crippen LogP contribution in [0.5, 0.6) is 0 Å². The Labute approximate surface area is 114 Å². The summed E-state index contributed by atoms with van der Waals surface area (Å²) < 4.78 is 0. The molecule has 0 bridgehead atoms. The molecule has 0 saturated heterocycles. The highest BCUT2D eigenvalue weighted by molar-refractivity contribution is 5.94. The summed E-state index contributed by atoms with van der Waals surface area (Å²) in [4.78, 5) is 18.1. The van der Waals surface area contributed by atoms with Crippen LogP contribution in [-0.2, 0) is 0 Å². The first-order valence-corrected chi connectivity index (χ1v) is 6.59. The van der Waals surface area contributed by atoms with Crippen LogP contribution in [0.2, 0.25) is 0 Å². The fourth-order valence-electron chi connectivity index (χ4n) is 1.88. The Morgan fingerprint density at radius 3 is 2.95 bits per heavy atom. The summed E-state index contributed by atoms with van der Waals surface area (Å²) in [5.74, 6) is 4.00. The van der Waals surface area contributed by atoms with Crippen LogP contribution in [0.1, 0.15) is 29.6 Å². The number of rotatable bonds is 6. The van der Waals surface area contributed by atoms with E-state index >= 15 is 0 Å². The lowest BCUT2D eigenvalue weighted by Crippen LogP contribution is -2.24. The zero-order chi connectivity index (χ0) is 13.7. The number of pyridine rings is 1. The van der Waals surface area contributed by atoms with Crippen molar-refractivity contribution in [2.75, 3.05) is 25.0 Å². The lowest BCUT2D eigenvalue weighted by molar-refractivity contribution is 0.0958. The Morgan fingerprint density at radius 1 is 1.58 bits per heavy atom. The Bertz CT molecular complexity index is 471. The summed E-state index contributed by atoms with van der Waals surface area (Å²) in [7, 11) is 2.03. The summed E-state index contributed by atoms with van der Waals surface area (Å²) in [6.07, 6.45) is 10.7. The molecule has 1 fully saturated rings. The SMILES string of the molecule is C#CCNC(=O)c1ccc(N(C)CCC2CC2)nc1. The van der Waals surface area contributed by atoms with Gasteiger partial charge in [0.25, 0.3) is 5.91 Å². The van der Waals surface area contributed by atoms with Crippen molar-refractivity contribution in [3.05, 3.63) is 23.9 Å². The number of amides is 1. The number of terminal acetylenes is 1. The van der Waals surface area contributed by atoms with Gasteiger partial charge in [0.15, 0.2) is 0 Å². The summed E-state index contributed by atoms with van der Waals surface area (Å²) in [6, 6.07) is 3.65. The predicted octanol–water partition coefficient (Wildman–Crippen LogP) is 1.68. The molecule has 0 aliphatic heterocycles. The third-order valence-corrected chi connectivity index (χ3v) is 3.32. The molecular formula is C15H19N3O. The summed E-state index contributed by atoms with van der Waals surface area (Å²) in [5.41, 5.74) is 0.537. The van der Waals surface area contributed by atoms with Crippen molar-refractivity contribution in [2.24, 2.45) is 5.92 Å². The molecule has 4 nitrogen and oxygen atoms in total. The van der Waals surface area contributed by atoms with E-state index in [-0.39, 0.29) is 12.5 Å². The van der Waals surface area contributed by atoms with Gasteiger partial charge in [0.05, 0.1) is 12.1 Å².